The van der Waals surface area contributed by atoms with Crippen molar-refractivity contribution in [1.29, 1.82) is 0 Å². The van der Waals surface area contributed by atoms with Crippen LogP contribution >= 0.6 is 11.6 Å². The minimum Gasteiger partial charge on any atom is -0.337 e. The zero-order valence-corrected chi connectivity index (χ0v) is 11.6. The first-order chi connectivity index (χ1) is 9.24. The van der Waals surface area contributed by atoms with Gasteiger partial charge in [-0.3, -0.25) is 0 Å². The fourth-order valence-corrected chi connectivity index (χ4v) is 2.01. The Balaban J connectivity index is 2.21. The van der Waals surface area contributed by atoms with E-state index in [1.54, 1.807) is 12.4 Å². The highest BCUT2D eigenvalue weighted by Crippen LogP contribution is 2.16. The molecule has 19 heavy (non-hydrogen) atoms. The van der Waals surface area contributed by atoms with Gasteiger partial charge in [0.05, 0.1) is 17.4 Å². The summed E-state index contributed by atoms with van der Waals surface area (Å²) < 4.78 is 0. The Kier molecular flexibility index (Phi) is 4.71. The molecule has 0 radical (unpaired) electrons. The highest BCUT2D eigenvalue weighted by Gasteiger charge is 2.10. The molecule has 0 saturated heterocycles. The fourth-order valence-electron chi connectivity index (χ4n) is 1.91. The summed E-state index contributed by atoms with van der Waals surface area (Å²) in [5.41, 5.74) is 8.11. The molecule has 1 aromatic carbocycles. The van der Waals surface area contributed by atoms with Crippen LogP contribution < -0.4 is 10.6 Å². The molecule has 0 amide bonds. The highest BCUT2D eigenvalue weighted by atomic mass is 35.5. The van der Waals surface area contributed by atoms with Crippen LogP contribution in [0, 0.1) is 0 Å². The first-order valence-electron chi connectivity index (χ1n) is 6.24. The van der Waals surface area contributed by atoms with E-state index in [0.717, 1.165) is 18.7 Å². The zero-order valence-electron chi connectivity index (χ0n) is 10.9. The summed E-state index contributed by atoms with van der Waals surface area (Å²) in [5, 5.41) is 0.544. The van der Waals surface area contributed by atoms with Gasteiger partial charge in [-0.1, -0.05) is 35.9 Å². The molecule has 5 heteroatoms. The van der Waals surface area contributed by atoms with Crippen molar-refractivity contribution in [1.82, 2.24) is 9.97 Å². The van der Waals surface area contributed by atoms with Crippen molar-refractivity contribution in [3.8, 4) is 0 Å². The predicted octanol–water partition coefficient (Wildman–Crippen LogP) is 2.62. The Hall–Kier alpha value is -1.65. The number of benzene rings is 1. The SMILES string of the molecule is CCN(Cc1ccccc1CN)c1ncc(Cl)cn1. The van der Waals surface area contributed by atoms with Gasteiger partial charge in [-0.25, -0.2) is 9.97 Å². The molecule has 0 bridgehead atoms. The second kappa shape index (κ2) is 6.50. The lowest BCUT2D eigenvalue weighted by atomic mass is 10.1. The van der Waals surface area contributed by atoms with Gasteiger partial charge in [-0.05, 0) is 18.1 Å². The summed E-state index contributed by atoms with van der Waals surface area (Å²) in [7, 11) is 0. The number of nitrogens with zero attached hydrogens (tertiary/aromatic N) is 3. The van der Waals surface area contributed by atoms with Crippen molar-refractivity contribution < 1.29 is 0 Å². The first-order valence-corrected chi connectivity index (χ1v) is 6.61. The molecule has 2 rings (SSSR count). The van der Waals surface area contributed by atoms with Gasteiger partial charge in [0.25, 0.3) is 0 Å². The van der Waals surface area contributed by atoms with E-state index in [9.17, 15) is 0 Å². The van der Waals surface area contributed by atoms with E-state index in [1.165, 1.54) is 5.56 Å². The van der Waals surface area contributed by atoms with Gasteiger partial charge in [0.1, 0.15) is 0 Å². The second-order valence-electron chi connectivity index (χ2n) is 4.19. The van der Waals surface area contributed by atoms with E-state index in [2.05, 4.69) is 27.9 Å². The molecule has 0 spiro atoms. The number of rotatable bonds is 5. The normalized spacial score (nSPS) is 10.5. The van der Waals surface area contributed by atoms with Gasteiger partial charge in [-0.15, -0.1) is 0 Å². The molecule has 0 atom stereocenters. The summed E-state index contributed by atoms with van der Waals surface area (Å²) >= 11 is 5.81. The Bertz CT molecular complexity index is 527. The summed E-state index contributed by atoms with van der Waals surface area (Å²) in [5.74, 6) is 0.679. The van der Waals surface area contributed by atoms with E-state index in [1.807, 2.05) is 18.2 Å². The molecule has 2 N–H and O–H groups in total. The van der Waals surface area contributed by atoms with Crippen LogP contribution in [-0.4, -0.2) is 16.5 Å². The third-order valence-corrected chi connectivity index (χ3v) is 3.17. The van der Waals surface area contributed by atoms with Crippen molar-refractivity contribution >= 4 is 17.5 Å². The number of halogens is 1. The molecule has 1 heterocycles. The largest absolute Gasteiger partial charge is 0.337 e. The molecular weight excluding hydrogens is 260 g/mol. The van der Waals surface area contributed by atoms with Crippen molar-refractivity contribution in [3.63, 3.8) is 0 Å². The van der Waals surface area contributed by atoms with E-state index in [0.29, 0.717) is 17.5 Å². The molecule has 0 aliphatic carbocycles. The van der Waals surface area contributed by atoms with Crippen molar-refractivity contribution in [3.05, 3.63) is 52.8 Å². The summed E-state index contributed by atoms with van der Waals surface area (Å²) in [6, 6.07) is 8.15. The Morgan fingerprint density at radius 3 is 2.37 bits per heavy atom. The van der Waals surface area contributed by atoms with Crippen LogP contribution in [0.2, 0.25) is 5.02 Å². The lowest BCUT2D eigenvalue weighted by Gasteiger charge is -2.22. The molecule has 0 aliphatic rings. The van der Waals surface area contributed by atoms with Gasteiger partial charge in [0, 0.05) is 19.6 Å². The molecule has 0 fully saturated rings. The van der Waals surface area contributed by atoms with Crippen molar-refractivity contribution in [2.75, 3.05) is 11.4 Å². The third kappa shape index (κ3) is 3.43. The predicted molar refractivity (Wildman–Crippen MR) is 78.1 cm³/mol. The quantitative estimate of drug-likeness (QED) is 0.912. The average Bonchev–Trinajstić information content (AvgIpc) is 2.46. The Morgan fingerprint density at radius 2 is 1.79 bits per heavy atom. The maximum Gasteiger partial charge on any atom is 0.225 e. The van der Waals surface area contributed by atoms with Crippen LogP contribution in [0.15, 0.2) is 36.7 Å². The molecular formula is C14H17ClN4. The minimum absolute atomic E-state index is 0.537. The summed E-state index contributed by atoms with van der Waals surface area (Å²) in [6.07, 6.45) is 3.22. The number of nitrogens with two attached hydrogens (primary N) is 1. The summed E-state index contributed by atoms with van der Waals surface area (Å²) in [4.78, 5) is 10.6. The molecule has 100 valence electrons. The van der Waals surface area contributed by atoms with E-state index in [4.69, 9.17) is 17.3 Å². The van der Waals surface area contributed by atoms with Gasteiger partial charge in [0.15, 0.2) is 0 Å². The monoisotopic (exact) mass is 276 g/mol. The maximum absolute atomic E-state index is 5.81. The fraction of sp³-hybridized carbons (Fsp3) is 0.286. The Labute approximate surface area is 118 Å². The van der Waals surface area contributed by atoms with Gasteiger partial charge in [0.2, 0.25) is 5.95 Å². The van der Waals surface area contributed by atoms with Gasteiger partial charge in [-0.2, -0.15) is 0 Å². The number of anilines is 1. The lowest BCUT2D eigenvalue weighted by molar-refractivity contribution is 0.783. The molecule has 0 unspecified atom stereocenters. The maximum atomic E-state index is 5.81. The van der Waals surface area contributed by atoms with Crippen LogP contribution in [0.3, 0.4) is 0 Å². The van der Waals surface area contributed by atoms with Crippen LogP contribution in [0.1, 0.15) is 18.1 Å². The third-order valence-electron chi connectivity index (χ3n) is 2.97. The standard InChI is InChI=1S/C14H17ClN4/c1-2-19(14-17-8-13(15)9-18-14)10-12-6-4-3-5-11(12)7-16/h3-6,8-9H,2,7,10,16H2,1H3. The molecule has 0 saturated carbocycles. The topological polar surface area (TPSA) is 55.0 Å². The lowest BCUT2D eigenvalue weighted by Crippen LogP contribution is -2.25. The number of hydrogen-bond donors (Lipinski definition) is 1. The van der Waals surface area contributed by atoms with Crippen LogP contribution in [0.5, 0.6) is 0 Å². The number of hydrogen-bond acceptors (Lipinski definition) is 4. The van der Waals surface area contributed by atoms with Crippen molar-refractivity contribution in [2.45, 2.75) is 20.0 Å². The average molecular weight is 277 g/mol. The van der Waals surface area contributed by atoms with E-state index < -0.39 is 0 Å². The Morgan fingerprint density at radius 1 is 1.16 bits per heavy atom. The zero-order chi connectivity index (χ0) is 13.7. The summed E-state index contributed by atoms with van der Waals surface area (Å²) in [6.45, 7) is 4.17. The van der Waals surface area contributed by atoms with Crippen LogP contribution in [-0.2, 0) is 13.1 Å². The minimum atomic E-state index is 0.537. The van der Waals surface area contributed by atoms with Crippen LogP contribution in [0.4, 0.5) is 5.95 Å². The number of aromatic nitrogens is 2. The first kappa shape index (κ1) is 13.8. The van der Waals surface area contributed by atoms with E-state index in [-0.39, 0.29) is 0 Å². The van der Waals surface area contributed by atoms with Gasteiger partial charge >= 0.3 is 0 Å². The highest BCUT2D eigenvalue weighted by molar-refractivity contribution is 6.30. The molecule has 2 aromatic rings. The second-order valence-corrected chi connectivity index (χ2v) is 4.62. The smallest absolute Gasteiger partial charge is 0.225 e. The van der Waals surface area contributed by atoms with Crippen LogP contribution in [0.25, 0.3) is 0 Å². The van der Waals surface area contributed by atoms with E-state index >= 15 is 0 Å². The molecule has 4 nitrogen and oxygen atoms in total. The van der Waals surface area contributed by atoms with Crippen molar-refractivity contribution in [2.24, 2.45) is 5.73 Å². The van der Waals surface area contributed by atoms with Gasteiger partial charge < -0.3 is 10.6 Å². The molecule has 0 aliphatic heterocycles. The molecule has 1 aromatic heterocycles.